The summed E-state index contributed by atoms with van der Waals surface area (Å²) in [6.45, 7) is 2.04. The summed E-state index contributed by atoms with van der Waals surface area (Å²) >= 11 is 3.33. The van der Waals surface area contributed by atoms with Gasteiger partial charge in [-0.15, -0.1) is 0 Å². The van der Waals surface area contributed by atoms with Crippen molar-refractivity contribution in [1.29, 1.82) is 0 Å². The fraction of sp³-hybridized carbons (Fsp3) is 0.500. The Morgan fingerprint density at radius 3 is 3.00 bits per heavy atom. The van der Waals surface area contributed by atoms with Gasteiger partial charge in [0, 0.05) is 19.1 Å². The van der Waals surface area contributed by atoms with Crippen LogP contribution in [-0.2, 0) is 0 Å². The summed E-state index contributed by atoms with van der Waals surface area (Å²) in [6, 6.07) is 4.36. The highest BCUT2D eigenvalue weighted by Gasteiger charge is 2.16. The van der Waals surface area contributed by atoms with E-state index in [0.29, 0.717) is 6.04 Å². The zero-order valence-corrected chi connectivity index (χ0v) is 9.57. The van der Waals surface area contributed by atoms with Gasteiger partial charge in [-0.3, -0.25) is 0 Å². The second kappa shape index (κ2) is 4.28. The molecule has 1 saturated heterocycles. The minimum Gasteiger partial charge on any atom is -0.369 e. The van der Waals surface area contributed by atoms with Crippen LogP contribution < -0.4 is 10.6 Å². The van der Waals surface area contributed by atoms with Gasteiger partial charge in [0.2, 0.25) is 0 Å². The van der Waals surface area contributed by atoms with Crippen LogP contribution in [0.15, 0.2) is 22.9 Å². The van der Waals surface area contributed by atoms with Gasteiger partial charge >= 0.3 is 0 Å². The van der Waals surface area contributed by atoms with Crippen LogP contribution in [0.1, 0.15) is 12.8 Å². The lowest BCUT2D eigenvalue weighted by Crippen LogP contribution is -2.42. The van der Waals surface area contributed by atoms with E-state index in [4.69, 9.17) is 5.73 Å². The summed E-state index contributed by atoms with van der Waals surface area (Å²) in [5, 5.41) is 0. The van der Waals surface area contributed by atoms with E-state index in [1.807, 2.05) is 12.3 Å². The summed E-state index contributed by atoms with van der Waals surface area (Å²) in [5.74, 6) is 0. The largest absolute Gasteiger partial charge is 0.369 e. The van der Waals surface area contributed by atoms with Gasteiger partial charge in [-0.2, -0.15) is 0 Å². The van der Waals surface area contributed by atoms with E-state index >= 15 is 0 Å². The van der Waals surface area contributed by atoms with Crippen molar-refractivity contribution in [2.24, 2.45) is 5.73 Å². The number of rotatable bonds is 1. The topological polar surface area (TPSA) is 42.1 Å². The maximum Gasteiger partial charge on any atom is 0.106 e. The number of hydrogen-bond donors (Lipinski definition) is 1. The molecule has 0 aliphatic carbocycles. The molecule has 1 aromatic rings. The third-order valence-corrected chi connectivity index (χ3v) is 3.00. The fourth-order valence-electron chi connectivity index (χ4n) is 1.80. The van der Waals surface area contributed by atoms with Crippen LogP contribution in [0.5, 0.6) is 0 Å². The fourth-order valence-corrected chi connectivity index (χ4v) is 2.03. The predicted molar refractivity (Wildman–Crippen MR) is 61.4 cm³/mol. The van der Waals surface area contributed by atoms with Gasteiger partial charge in [0.15, 0.2) is 0 Å². The molecule has 14 heavy (non-hydrogen) atoms. The zero-order valence-electron chi connectivity index (χ0n) is 7.99. The minimum absolute atomic E-state index is 0.312. The van der Waals surface area contributed by atoms with Crippen molar-refractivity contribution >= 4 is 21.6 Å². The third kappa shape index (κ3) is 2.25. The number of halogens is 1. The molecule has 2 heterocycles. The molecular weight excluding hydrogens is 242 g/mol. The van der Waals surface area contributed by atoms with Gasteiger partial charge in [0.05, 0.1) is 11.9 Å². The number of piperidine rings is 1. The first kappa shape index (κ1) is 9.93. The van der Waals surface area contributed by atoms with Crippen molar-refractivity contribution in [3.8, 4) is 0 Å². The van der Waals surface area contributed by atoms with Crippen LogP contribution in [0.3, 0.4) is 0 Å². The predicted octanol–water partition coefficient (Wildman–Crippen LogP) is 1.77. The molecule has 0 saturated carbocycles. The standard InChI is InChI=1S/C10H14BrN3/c11-10-4-3-9(6-13-10)14-5-1-2-8(12)7-14/h3-4,6,8H,1-2,5,7,12H2. The van der Waals surface area contributed by atoms with Crippen molar-refractivity contribution in [2.45, 2.75) is 18.9 Å². The Hall–Kier alpha value is -0.610. The monoisotopic (exact) mass is 255 g/mol. The Morgan fingerprint density at radius 2 is 2.36 bits per heavy atom. The number of aromatic nitrogens is 1. The molecule has 1 fully saturated rings. The number of anilines is 1. The van der Waals surface area contributed by atoms with Crippen molar-refractivity contribution in [3.05, 3.63) is 22.9 Å². The summed E-state index contributed by atoms with van der Waals surface area (Å²) in [6.07, 6.45) is 4.21. The molecule has 4 heteroatoms. The molecule has 2 rings (SSSR count). The van der Waals surface area contributed by atoms with Crippen LogP contribution in [0, 0.1) is 0 Å². The second-order valence-electron chi connectivity index (χ2n) is 3.69. The molecule has 0 amide bonds. The van der Waals surface area contributed by atoms with E-state index in [-0.39, 0.29) is 0 Å². The molecular formula is C10H14BrN3. The number of nitrogens with zero attached hydrogens (tertiary/aromatic N) is 2. The Bertz CT molecular complexity index is 299. The molecule has 0 bridgehead atoms. The molecule has 0 aromatic carbocycles. The normalized spacial score (nSPS) is 22.4. The van der Waals surface area contributed by atoms with E-state index in [0.717, 1.165) is 24.1 Å². The molecule has 1 aliphatic rings. The summed E-state index contributed by atoms with van der Waals surface area (Å²) in [5.41, 5.74) is 7.09. The first-order chi connectivity index (χ1) is 6.75. The van der Waals surface area contributed by atoms with Crippen molar-refractivity contribution in [1.82, 2.24) is 4.98 Å². The van der Waals surface area contributed by atoms with E-state index < -0.39 is 0 Å². The highest BCUT2D eigenvalue weighted by Crippen LogP contribution is 2.19. The maximum absolute atomic E-state index is 5.92. The molecule has 0 spiro atoms. The van der Waals surface area contributed by atoms with Gasteiger partial charge in [0.25, 0.3) is 0 Å². The Morgan fingerprint density at radius 1 is 1.50 bits per heavy atom. The van der Waals surface area contributed by atoms with Gasteiger partial charge in [-0.25, -0.2) is 4.98 Å². The smallest absolute Gasteiger partial charge is 0.106 e. The lowest BCUT2D eigenvalue weighted by Gasteiger charge is -2.32. The van der Waals surface area contributed by atoms with Crippen molar-refractivity contribution in [2.75, 3.05) is 18.0 Å². The van der Waals surface area contributed by atoms with E-state index in [1.54, 1.807) is 0 Å². The molecule has 2 N–H and O–H groups in total. The van der Waals surface area contributed by atoms with Gasteiger partial charge in [-0.05, 0) is 40.9 Å². The van der Waals surface area contributed by atoms with E-state index in [9.17, 15) is 0 Å². The van der Waals surface area contributed by atoms with Gasteiger partial charge in [-0.1, -0.05) is 0 Å². The SMILES string of the molecule is NC1CCCN(c2ccc(Br)nc2)C1. The summed E-state index contributed by atoms with van der Waals surface area (Å²) in [7, 11) is 0. The average molecular weight is 256 g/mol. The van der Waals surface area contributed by atoms with E-state index in [2.05, 4.69) is 31.9 Å². The Balaban J connectivity index is 2.10. The number of hydrogen-bond acceptors (Lipinski definition) is 3. The quantitative estimate of drug-likeness (QED) is 0.779. The van der Waals surface area contributed by atoms with Crippen molar-refractivity contribution < 1.29 is 0 Å². The van der Waals surface area contributed by atoms with Crippen LogP contribution in [0.4, 0.5) is 5.69 Å². The number of pyridine rings is 1. The minimum atomic E-state index is 0.312. The molecule has 0 radical (unpaired) electrons. The highest BCUT2D eigenvalue weighted by molar-refractivity contribution is 9.10. The second-order valence-corrected chi connectivity index (χ2v) is 4.50. The molecule has 1 aromatic heterocycles. The van der Waals surface area contributed by atoms with Crippen LogP contribution in [0.25, 0.3) is 0 Å². The molecule has 3 nitrogen and oxygen atoms in total. The zero-order chi connectivity index (χ0) is 9.97. The summed E-state index contributed by atoms with van der Waals surface area (Å²) < 4.78 is 0.877. The molecule has 1 unspecified atom stereocenters. The molecule has 1 aliphatic heterocycles. The summed E-state index contributed by atoms with van der Waals surface area (Å²) in [4.78, 5) is 6.51. The van der Waals surface area contributed by atoms with Gasteiger partial charge < -0.3 is 10.6 Å². The van der Waals surface area contributed by atoms with Crippen LogP contribution in [-0.4, -0.2) is 24.1 Å². The molecule has 76 valence electrons. The Labute approximate surface area is 92.4 Å². The first-order valence-electron chi connectivity index (χ1n) is 4.88. The molecule has 1 atom stereocenters. The average Bonchev–Trinajstić information content (AvgIpc) is 2.19. The third-order valence-electron chi connectivity index (χ3n) is 2.53. The van der Waals surface area contributed by atoms with E-state index in [1.165, 1.54) is 12.1 Å². The maximum atomic E-state index is 5.92. The lowest BCUT2D eigenvalue weighted by atomic mass is 10.1. The van der Waals surface area contributed by atoms with Crippen LogP contribution in [0.2, 0.25) is 0 Å². The van der Waals surface area contributed by atoms with Gasteiger partial charge in [0.1, 0.15) is 4.60 Å². The lowest BCUT2D eigenvalue weighted by molar-refractivity contribution is 0.506. The first-order valence-corrected chi connectivity index (χ1v) is 5.67. The van der Waals surface area contributed by atoms with Crippen LogP contribution >= 0.6 is 15.9 Å². The number of nitrogens with two attached hydrogens (primary N) is 1. The van der Waals surface area contributed by atoms with Crippen molar-refractivity contribution in [3.63, 3.8) is 0 Å². The highest BCUT2D eigenvalue weighted by atomic mass is 79.9. The Kier molecular flexibility index (Phi) is 3.03.